The molecule has 2 aromatic heterocycles. The third-order valence-electron chi connectivity index (χ3n) is 10.3. The fourth-order valence-electron chi connectivity index (χ4n) is 7.75. The number of likely N-dealkylation sites (tertiary alicyclic amines) is 1. The van der Waals surface area contributed by atoms with Crippen LogP contribution in [0.25, 0.3) is 21.9 Å². The first-order valence-corrected chi connectivity index (χ1v) is 16.2. The highest BCUT2D eigenvalue weighted by Gasteiger charge is 2.48. The predicted molar refractivity (Wildman–Crippen MR) is 171 cm³/mol. The molecule has 0 radical (unpaired) electrons. The number of rotatable bonds is 8. The van der Waals surface area contributed by atoms with Crippen LogP contribution in [-0.4, -0.2) is 92.8 Å². The van der Waals surface area contributed by atoms with E-state index < -0.39 is 11.4 Å². The van der Waals surface area contributed by atoms with Crippen LogP contribution in [0.1, 0.15) is 43.7 Å². The number of nitrogens with zero attached hydrogens (tertiary/aromatic N) is 6. The van der Waals surface area contributed by atoms with Crippen molar-refractivity contribution in [1.82, 2.24) is 24.4 Å². The Morgan fingerprint density at radius 3 is 2.70 bits per heavy atom. The van der Waals surface area contributed by atoms with Gasteiger partial charge in [0.1, 0.15) is 11.6 Å². The average Bonchev–Trinajstić information content (AvgIpc) is 3.27. The van der Waals surface area contributed by atoms with E-state index in [4.69, 9.17) is 30.8 Å². The summed E-state index contributed by atoms with van der Waals surface area (Å²) in [6, 6.07) is 6.12. The van der Waals surface area contributed by atoms with Crippen LogP contribution < -0.4 is 9.64 Å². The zero-order valence-electron chi connectivity index (χ0n) is 26.1. The summed E-state index contributed by atoms with van der Waals surface area (Å²) in [5, 5.41) is 22.6. The highest BCUT2D eigenvalue weighted by molar-refractivity contribution is 5.92. The third-order valence-corrected chi connectivity index (χ3v) is 10.3. The van der Waals surface area contributed by atoms with Crippen molar-refractivity contribution in [1.29, 1.82) is 0 Å². The van der Waals surface area contributed by atoms with Crippen molar-refractivity contribution < 1.29 is 24.1 Å². The number of β-amino-alcohol motifs (C(OH)–C–C–N with tert-alkyl or cyclic N) is 1. The number of aliphatic hydroxyl groups is 1. The van der Waals surface area contributed by atoms with Gasteiger partial charge in [0, 0.05) is 55.4 Å². The lowest BCUT2D eigenvalue weighted by molar-refractivity contribution is 0.0444. The number of aromatic hydroxyl groups is 1. The van der Waals surface area contributed by atoms with Crippen molar-refractivity contribution in [3.63, 3.8) is 0 Å². The molecular weight excluding hydrogens is 587 g/mol. The number of ether oxygens (including phenoxy) is 2. The maximum absolute atomic E-state index is 14.8. The largest absolute Gasteiger partial charge is 0.508 e. The molecule has 5 heterocycles. The first kappa shape index (κ1) is 29.4. The standard InChI is InChI=1S/C35H39FN6O4/c1-3-27-28(36)6-5-22-11-26(43)12-23(29(22)27)15-42-21-37-30-31(42)38-33(41-10-4-7-34(2,44)18-41)39-32(30)46-20-35(8-9-35)19-40-13-24-16-45-17-25(24)14-40/h1,5-6,11-12,21,24-25,43-44H,4,7-10,13-20H2,2H3/t24?,25?,34-/m0/s1. The molecule has 1 aliphatic carbocycles. The molecule has 4 aromatic rings. The molecule has 4 fully saturated rings. The van der Waals surface area contributed by atoms with Crippen LogP contribution in [0, 0.1) is 35.4 Å². The molecule has 2 aromatic carbocycles. The smallest absolute Gasteiger partial charge is 0.247 e. The molecule has 2 N–H and O–H groups in total. The highest BCUT2D eigenvalue weighted by Crippen LogP contribution is 2.48. The van der Waals surface area contributed by atoms with Gasteiger partial charge >= 0.3 is 0 Å². The van der Waals surface area contributed by atoms with Crippen LogP contribution in [0.15, 0.2) is 30.6 Å². The van der Waals surface area contributed by atoms with E-state index in [1.165, 1.54) is 6.07 Å². The Hall–Kier alpha value is -3.98. The lowest BCUT2D eigenvalue weighted by Crippen LogP contribution is -2.46. The van der Waals surface area contributed by atoms with Crippen molar-refractivity contribution in [2.75, 3.05) is 57.4 Å². The quantitative estimate of drug-likeness (QED) is 0.281. The van der Waals surface area contributed by atoms with E-state index in [1.54, 1.807) is 24.5 Å². The second-order valence-corrected chi connectivity index (χ2v) is 14.2. The van der Waals surface area contributed by atoms with Crippen LogP contribution in [0.2, 0.25) is 0 Å². The monoisotopic (exact) mass is 626 g/mol. The van der Waals surface area contributed by atoms with E-state index in [0.29, 0.717) is 77.3 Å². The molecule has 4 aliphatic rings. The molecule has 0 spiro atoms. The minimum atomic E-state index is -0.856. The molecule has 0 bridgehead atoms. The molecule has 3 saturated heterocycles. The normalized spacial score (nSPS) is 25.7. The van der Waals surface area contributed by atoms with Crippen LogP contribution in [0.3, 0.4) is 0 Å². The zero-order chi connectivity index (χ0) is 31.6. The first-order valence-electron chi connectivity index (χ1n) is 16.2. The van der Waals surface area contributed by atoms with Crippen LogP contribution in [-0.2, 0) is 11.3 Å². The van der Waals surface area contributed by atoms with E-state index in [1.807, 2.05) is 16.4 Å². The summed E-state index contributed by atoms with van der Waals surface area (Å²) in [6.07, 6.45) is 11.1. The average molecular weight is 627 g/mol. The highest BCUT2D eigenvalue weighted by atomic mass is 19.1. The molecular formula is C35H39FN6O4. The van der Waals surface area contributed by atoms with Crippen molar-refractivity contribution in [3.05, 3.63) is 47.5 Å². The number of phenolic OH excluding ortho intramolecular Hbond substituents is 1. The van der Waals surface area contributed by atoms with Gasteiger partial charge in [-0.05, 0) is 61.8 Å². The molecule has 2 unspecified atom stereocenters. The lowest BCUT2D eigenvalue weighted by Gasteiger charge is -2.36. The zero-order valence-corrected chi connectivity index (χ0v) is 26.1. The SMILES string of the molecule is C#Cc1c(F)ccc2cc(O)cc(Cn3cnc4c(OCC5(CN6CC7COCC7C6)CC5)nc(N5CCC[C@](C)(O)C5)nc43)c12. The van der Waals surface area contributed by atoms with E-state index in [0.717, 1.165) is 52.1 Å². The summed E-state index contributed by atoms with van der Waals surface area (Å²) in [7, 11) is 0. The summed E-state index contributed by atoms with van der Waals surface area (Å²) in [4.78, 5) is 19.1. The Balaban J connectivity index is 1.13. The van der Waals surface area contributed by atoms with Crippen molar-refractivity contribution in [3.8, 4) is 24.0 Å². The molecule has 1 saturated carbocycles. The predicted octanol–water partition coefficient (Wildman–Crippen LogP) is 3.94. The molecule has 11 heteroatoms. The number of phenols is 1. The van der Waals surface area contributed by atoms with Crippen molar-refractivity contribution in [2.24, 2.45) is 17.3 Å². The Labute approximate surface area is 267 Å². The molecule has 0 amide bonds. The second kappa shape index (κ2) is 11.1. The van der Waals surface area contributed by atoms with Gasteiger partial charge in [-0.25, -0.2) is 9.37 Å². The van der Waals surface area contributed by atoms with Crippen LogP contribution >= 0.6 is 0 Å². The van der Waals surface area contributed by atoms with E-state index in [-0.39, 0.29) is 23.3 Å². The van der Waals surface area contributed by atoms with Gasteiger partial charge in [-0.1, -0.05) is 12.0 Å². The minimum absolute atomic E-state index is 0.0558. The summed E-state index contributed by atoms with van der Waals surface area (Å²) in [5.41, 5.74) is 1.11. The molecule has 3 atom stereocenters. The van der Waals surface area contributed by atoms with Gasteiger partial charge in [-0.2, -0.15) is 9.97 Å². The Bertz CT molecular complexity index is 1850. The fourth-order valence-corrected chi connectivity index (χ4v) is 7.75. The Morgan fingerprint density at radius 2 is 1.96 bits per heavy atom. The number of aromatic nitrogens is 4. The van der Waals surface area contributed by atoms with E-state index >= 15 is 0 Å². The molecule has 46 heavy (non-hydrogen) atoms. The number of benzene rings is 2. The number of imidazole rings is 1. The molecule has 8 rings (SSSR count). The molecule has 240 valence electrons. The number of piperidine rings is 1. The van der Waals surface area contributed by atoms with Crippen LogP contribution in [0.5, 0.6) is 11.6 Å². The van der Waals surface area contributed by atoms with Crippen LogP contribution in [0.4, 0.5) is 10.3 Å². The van der Waals surface area contributed by atoms with Crippen molar-refractivity contribution >= 4 is 27.9 Å². The van der Waals surface area contributed by atoms with Gasteiger partial charge in [0.15, 0.2) is 11.2 Å². The van der Waals surface area contributed by atoms with Gasteiger partial charge in [0.25, 0.3) is 0 Å². The van der Waals surface area contributed by atoms with E-state index in [9.17, 15) is 14.6 Å². The summed E-state index contributed by atoms with van der Waals surface area (Å²) >= 11 is 0. The number of halogens is 1. The second-order valence-electron chi connectivity index (χ2n) is 14.2. The number of fused-ring (bicyclic) bond motifs is 3. The number of hydrogen-bond acceptors (Lipinski definition) is 9. The van der Waals surface area contributed by atoms with Gasteiger partial charge in [0.05, 0.1) is 43.9 Å². The first-order chi connectivity index (χ1) is 22.2. The maximum atomic E-state index is 14.8. The molecule has 10 nitrogen and oxygen atoms in total. The topological polar surface area (TPSA) is 109 Å². The molecule has 3 aliphatic heterocycles. The fraction of sp³-hybridized carbons (Fsp3) is 0.514. The van der Waals surface area contributed by atoms with E-state index in [2.05, 4.69) is 10.8 Å². The van der Waals surface area contributed by atoms with Crippen molar-refractivity contribution in [2.45, 2.75) is 44.8 Å². The summed E-state index contributed by atoms with van der Waals surface area (Å²) in [5.74, 6) is 4.22. The van der Waals surface area contributed by atoms with Gasteiger partial charge < -0.3 is 34.1 Å². The lowest BCUT2D eigenvalue weighted by atomic mass is 9.95. The maximum Gasteiger partial charge on any atom is 0.247 e. The van der Waals surface area contributed by atoms with Gasteiger partial charge in [-0.15, -0.1) is 6.42 Å². The Kier molecular flexibility index (Phi) is 7.08. The number of anilines is 1. The summed E-state index contributed by atoms with van der Waals surface area (Å²) in [6.45, 7) is 8.64. The van der Waals surface area contributed by atoms with Gasteiger partial charge in [0.2, 0.25) is 11.8 Å². The number of terminal acetylenes is 1. The number of hydrogen-bond donors (Lipinski definition) is 2. The van der Waals surface area contributed by atoms with Gasteiger partial charge in [-0.3, -0.25) is 0 Å². The third kappa shape index (κ3) is 5.42. The Morgan fingerprint density at radius 1 is 1.15 bits per heavy atom. The summed E-state index contributed by atoms with van der Waals surface area (Å²) < 4.78 is 28.9. The minimum Gasteiger partial charge on any atom is -0.508 e.